The van der Waals surface area contributed by atoms with E-state index in [9.17, 15) is 9.59 Å². The molecule has 0 aliphatic heterocycles. The minimum Gasteiger partial charge on any atom is -0.462 e. The van der Waals surface area contributed by atoms with Crippen molar-refractivity contribution < 1.29 is 34.0 Å². The van der Waals surface area contributed by atoms with Gasteiger partial charge in [-0.3, -0.25) is 0 Å². The van der Waals surface area contributed by atoms with Crippen LogP contribution in [0.15, 0.2) is 24.3 Å². The zero-order valence-corrected chi connectivity index (χ0v) is 26.2. The lowest BCUT2D eigenvalue weighted by Crippen LogP contribution is -2.33. The number of unbranched alkanes of at least 4 members (excludes halogenated alkanes) is 2. The topological polar surface area (TPSA) is 102 Å². The molecule has 2 N–H and O–H groups in total. The Morgan fingerprint density at radius 1 is 0.714 bits per heavy atom. The van der Waals surface area contributed by atoms with Crippen LogP contribution in [-0.4, -0.2) is 61.3 Å². The molecule has 3 fully saturated rings. The van der Waals surface area contributed by atoms with E-state index >= 15 is 0 Å². The van der Waals surface area contributed by atoms with Crippen molar-refractivity contribution >= 4 is 11.9 Å². The van der Waals surface area contributed by atoms with Crippen molar-refractivity contribution in [1.29, 1.82) is 0 Å². The van der Waals surface area contributed by atoms with E-state index in [0.29, 0.717) is 12.0 Å². The monoisotopic (exact) mass is 590 g/mol. The number of aliphatic hydroxyl groups is 2. The fourth-order valence-electron chi connectivity index (χ4n) is 7.48. The highest BCUT2D eigenvalue weighted by Crippen LogP contribution is 2.42. The van der Waals surface area contributed by atoms with Crippen molar-refractivity contribution in [1.82, 2.24) is 0 Å². The zero-order valence-electron chi connectivity index (χ0n) is 26.2. The first kappa shape index (κ1) is 34.8. The van der Waals surface area contributed by atoms with Crippen LogP contribution in [0.4, 0.5) is 0 Å². The third-order valence-electron chi connectivity index (χ3n) is 10.4. The number of esters is 2. The van der Waals surface area contributed by atoms with Crippen LogP contribution in [0.1, 0.15) is 110 Å². The summed E-state index contributed by atoms with van der Waals surface area (Å²) in [7, 11) is 0. The van der Waals surface area contributed by atoms with Crippen molar-refractivity contribution in [2.45, 2.75) is 116 Å². The highest BCUT2D eigenvalue weighted by molar-refractivity contribution is 5.88. The van der Waals surface area contributed by atoms with Crippen LogP contribution in [0.5, 0.6) is 0 Å². The Morgan fingerprint density at radius 2 is 1.21 bits per heavy atom. The molecule has 0 saturated heterocycles. The molecule has 3 rings (SSSR count). The first-order chi connectivity index (χ1) is 20.3. The minimum absolute atomic E-state index is 0.000483. The Hall–Kier alpha value is -1.70. The summed E-state index contributed by atoms with van der Waals surface area (Å²) < 4.78 is 17.2. The van der Waals surface area contributed by atoms with E-state index in [2.05, 4.69) is 20.1 Å². The second-order valence-corrected chi connectivity index (χ2v) is 13.4. The van der Waals surface area contributed by atoms with Gasteiger partial charge in [-0.1, -0.05) is 58.6 Å². The van der Waals surface area contributed by atoms with Crippen molar-refractivity contribution in [2.75, 3.05) is 33.0 Å². The summed E-state index contributed by atoms with van der Waals surface area (Å²) >= 11 is 0. The minimum atomic E-state index is -0.638. The van der Waals surface area contributed by atoms with Crippen LogP contribution in [0.25, 0.3) is 0 Å². The summed E-state index contributed by atoms with van der Waals surface area (Å²) in [4.78, 5) is 24.1. The van der Waals surface area contributed by atoms with Gasteiger partial charge < -0.3 is 24.4 Å². The van der Waals surface area contributed by atoms with Gasteiger partial charge in [0, 0.05) is 12.5 Å². The fourth-order valence-corrected chi connectivity index (χ4v) is 7.48. The van der Waals surface area contributed by atoms with E-state index in [1.807, 2.05) is 0 Å². The Balaban J connectivity index is 1.35. The fraction of sp³-hybridized carbons (Fsp3) is 0.829. The number of hydrogen-bond acceptors (Lipinski definition) is 7. The first-order valence-electron chi connectivity index (χ1n) is 16.9. The maximum Gasteiger partial charge on any atom is 0.335 e. The van der Waals surface area contributed by atoms with Crippen LogP contribution in [-0.2, 0) is 23.8 Å². The smallest absolute Gasteiger partial charge is 0.335 e. The zero-order chi connectivity index (χ0) is 30.3. The van der Waals surface area contributed by atoms with Gasteiger partial charge in [-0.15, -0.1) is 0 Å². The molecule has 3 aliphatic carbocycles. The largest absolute Gasteiger partial charge is 0.462 e. The molecule has 0 atom stereocenters. The molecule has 0 radical (unpaired) electrons. The molecule has 7 heteroatoms. The normalized spacial score (nSPS) is 28.3. The van der Waals surface area contributed by atoms with Crippen LogP contribution in [0, 0.1) is 35.5 Å². The van der Waals surface area contributed by atoms with Gasteiger partial charge in [-0.2, -0.15) is 0 Å². The standard InChI is InChI=1S/C35H58O7/c1-4-5-6-7-27-8-12-29(13-9-27)30-16-18-33(19-17-30)40-22-28-10-14-31(15-11-28)32(23-41-34(38)25(2)20-36)24-42-35(39)26(3)21-37/h27-33,36-37H,2-24H2,1H3. The molecule has 42 heavy (non-hydrogen) atoms. The summed E-state index contributed by atoms with van der Waals surface area (Å²) in [6.45, 7) is 9.41. The molecule has 3 aliphatic rings. The molecule has 0 aromatic heterocycles. The Labute approximate surface area is 254 Å². The van der Waals surface area contributed by atoms with Gasteiger partial charge >= 0.3 is 11.9 Å². The van der Waals surface area contributed by atoms with E-state index in [1.54, 1.807) is 0 Å². The third kappa shape index (κ3) is 11.4. The van der Waals surface area contributed by atoms with Crippen LogP contribution in [0.3, 0.4) is 0 Å². The summed E-state index contributed by atoms with van der Waals surface area (Å²) in [6.07, 6.45) is 20.8. The van der Waals surface area contributed by atoms with Crippen molar-refractivity contribution in [2.24, 2.45) is 35.5 Å². The summed E-state index contributed by atoms with van der Waals surface area (Å²) in [6, 6.07) is 0. The Kier molecular flexibility index (Phi) is 15.6. The maximum absolute atomic E-state index is 12.1. The van der Waals surface area contributed by atoms with Crippen molar-refractivity contribution in [3.8, 4) is 0 Å². The second-order valence-electron chi connectivity index (χ2n) is 13.4. The summed E-state index contributed by atoms with van der Waals surface area (Å²) in [5.41, 5.74) is -0.000966. The molecule has 0 unspecified atom stereocenters. The number of rotatable bonds is 17. The maximum atomic E-state index is 12.1. The lowest BCUT2D eigenvalue weighted by molar-refractivity contribution is -0.146. The lowest BCUT2D eigenvalue weighted by Gasteiger charge is -2.38. The van der Waals surface area contributed by atoms with E-state index in [1.165, 1.54) is 77.0 Å². The van der Waals surface area contributed by atoms with Gasteiger partial charge in [-0.05, 0) is 93.8 Å². The van der Waals surface area contributed by atoms with Gasteiger partial charge in [0.2, 0.25) is 0 Å². The van der Waals surface area contributed by atoms with Crippen LogP contribution in [0.2, 0.25) is 0 Å². The molecule has 7 nitrogen and oxygen atoms in total. The number of carbonyl (C=O) groups is 2. The van der Waals surface area contributed by atoms with Gasteiger partial charge in [-0.25, -0.2) is 9.59 Å². The number of ether oxygens (including phenoxy) is 3. The number of aliphatic hydroxyl groups excluding tert-OH is 2. The Morgan fingerprint density at radius 3 is 1.71 bits per heavy atom. The number of hydrogen-bond donors (Lipinski definition) is 2. The molecular weight excluding hydrogens is 532 g/mol. The summed E-state index contributed by atoms with van der Waals surface area (Å²) in [5.74, 6) is 2.15. The highest BCUT2D eigenvalue weighted by Gasteiger charge is 2.33. The lowest BCUT2D eigenvalue weighted by atomic mass is 9.70. The van der Waals surface area contributed by atoms with Gasteiger partial charge in [0.05, 0.1) is 43.7 Å². The highest BCUT2D eigenvalue weighted by atomic mass is 16.5. The summed E-state index contributed by atoms with van der Waals surface area (Å²) in [5, 5.41) is 18.3. The predicted molar refractivity (Wildman–Crippen MR) is 165 cm³/mol. The molecule has 0 spiro atoms. The molecule has 240 valence electrons. The van der Waals surface area contributed by atoms with E-state index in [0.717, 1.165) is 50.0 Å². The first-order valence-corrected chi connectivity index (χ1v) is 16.9. The predicted octanol–water partition coefficient (Wildman–Crippen LogP) is 6.55. The molecular formula is C35H58O7. The Bertz CT molecular complexity index is 798. The third-order valence-corrected chi connectivity index (χ3v) is 10.4. The van der Waals surface area contributed by atoms with Crippen molar-refractivity contribution in [3.63, 3.8) is 0 Å². The number of carbonyl (C=O) groups excluding carboxylic acids is 2. The van der Waals surface area contributed by atoms with E-state index < -0.39 is 25.2 Å². The van der Waals surface area contributed by atoms with Crippen LogP contribution < -0.4 is 0 Å². The average Bonchev–Trinajstić information content (AvgIpc) is 3.03. The van der Waals surface area contributed by atoms with Gasteiger partial charge in [0.25, 0.3) is 0 Å². The molecule has 0 aromatic carbocycles. The average molecular weight is 591 g/mol. The van der Waals surface area contributed by atoms with E-state index in [-0.39, 0.29) is 36.2 Å². The molecule has 3 saturated carbocycles. The molecule has 0 heterocycles. The second kappa shape index (κ2) is 18.9. The SMILES string of the molecule is C=C(CO)C(=O)OCC(COC(=O)C(=C)CO)C1CCC(COC2CCC(C3CCC(CCCCC)CC3)CC2)CC1. The molecule has 0 aromatic rings. The quantitative estimate of drug-likeness (QED) is 0.112. The van der Waals surface area contributed by atoms with Gasteiger partial charge in [0.15, 0.2) is 0 Å². The molecule has 0 amide bonds. The van der Waals surface area contributed by atoms with Crippen LogP contribution >= 0.6 is 0 Å². The molecule has 0 bridgehead atoms. The van der Waals surface area contributed by atoms with Gasteiger partial charge in [0.1, 0.15) is 0 Å². The van der Waals surface area contributed by atoms with Crippen molar-refractivity contribution in [3.05, 3.63) is 24.3 Å². The van der Waals surface area contributed by atoms with E-state index in [4.69, 9.17) is 24.4 Å².